The first-order chi connectivity index (χ1) is 12.0. The second kappa shape index (κ2) is 7.78. The maximum Gasteiger partial charge on any atom is 0.246 e. The lowest BCUT2D eigenvalue weighted by Gasteiger charge is -2.35. The molecule has 1 aliphatic rings. The summed E-state index contributed by atoms with van der Waals surface area (Å²) in [6.45, 7) is 2.12. The van der Waals surface area contributed by atoms with E-state index in [0.717, 1.165) is 4.47 Å². The Morgan fingerprint density at radius 1 is 1.00 bits per heavy atom. The van der Waals surface area contributed by atoms with Crippen molar-refractivity contribution >= 4 is 33.6 Å². The molecule has 0 aliphatic carbocycles. The van der Waals surface area contributed by atoms with Crippen LogP contribution in [-0.4, -0.2) is 37.0 Å². The average Bonchev–Trinajstić information content (AvgIpc) is 2.63. The van der Waals surface area contributed by atoms with Crippen molar-refractivity contribution in [3.8, 4) is 0 Å². The maximum absolute atomic E-state index is 13.8. The Hall–Kier alpha value is -2.21. The highest BCUT2D eigenvalue weighted by Crippen LogP contribution is 2.20. The van der Waals surface area contributed by atoms with Gasteiger partial charge in [0, 0.05) is 42.3 Å². The van der Waals surface area contributed by atoms with Crippen LogP contribution in [0.4, 0.5) is 14.5 Å². The zero-order valence-electron chi connectivity index (χ0n) is 13.5. The van der Waals surface area contributed by atoms with Crippen LogP contribution in [0, 0.1) is 11.6 Å². The van der Waals surface area contributed by atoms with Crippen LogP contribution in [0.2, 0.25) is 0 Å². The van der Waals surface area contributed by atoms with Gasteiger partial charge in [-0.3, -0.25) is 4.79 Å². The van der Waals surface area contributed by atoms with Crippen molar-refractivity contribution in [2.75, 3.05) is 31.1 Å². The SMILES string of the molecule is O=C(/C=C/c1cc(Br)ccc1F)N1CCN(c2ccccc2F)CC1. The lowest BCUT2D eigenvalue weighted by atomic mass is 10.2. The van der Waals surface area contributed by atoms with Crippen molar-refractivity contribution in [3.05, 3.63) is 70.2 Å². The van der Waals surface area contributed by atoms with E-state index in [2.05, 4.69) is 15.9 Å². The van der Waals surface area contributed by atoms with Gasteiger partial charge < -0.3 is 9.80 Å². The van der Waals surface area contributed by atoms with E-state index in [4.69, 9.17) is 0 Å². The first kappa shape index (κ1) is 17.6. The Labute approximate surface area is 153 Å². The van der Waals surface area contributed by atoms with Crippen LogP contribution in [-0.2, 0) is 4.79 Å². The molecule has 2 aromatic carbocycles. The van der Waals surface area contributed by atoms with Crippen LogP contribution in [0.5, 0.6) is 0 Å². The van der Waals surface area contributed by atoms with Crippen molar-refractivity contribution in [1.29, 1.82) is 0 Å². The molecule has 0 N–H and O–H groups in total. The number of benzene rings is 2. The number of anilines is 1. The third-order valence-corrected chi connectivity index (χ3v) is 4.64. The van der Waals surface area contributed by atoms with E-state index < -0.39 is 0 Å². The van der Waals surface area contributed by atoms with Crippen LogP contribution in [0.25, 0.3) is 6.08 Å². The molecule has 0 saturated carbocycles. The van der Waals surface area contributed by atoms with Crippen LogP contribution in [0.1, 0.15) is 5.56 Å². The summed E-state index contributed by atoms with van der Waals surface area (Å²) in [6.07, 6.45) is 2.86. The van der Waals surface area contributed by atoms with Gasteiger partial charge >= 0.3 is 0 Å². The van der Waals surface area contributed by atoms with Crippen LogP contribution in [0.3, 0.4) is 0 Å². The Morgan fingerprint density at radius 2 is 1.72 bits per heavy atom. The molecule has 1 heterocycles. The Kier molecular flexibility index (Phi) is 5.48. The molecule has 25 heavy (non-hydrogen) atoms. The zero-order chi connectivity index (χ0) is 17.8. The summed E-state index contributed by atoms with van der Waals surface area (Å²) >= 11 is 3.28. The van der Waals surface area contributed by atoms with E-state index in [1.807, 2.05) is 4.90 Å². The fourth-order valence-corrected chi connectivity index (χ4v) is 3.16. The highest BCUT2D eigenvalue weighted by Gasteiger charge is 2.21. The minimum atomic E-state index is -0.378. The van der Waals surface area contributed by atoms with Gasteiger partial charge in [0.2, 0.25) is 5.91 Å². The fourth-order valence-electron chi connectivity index (χ4n) is 2.78. The lowest BCUT2D eigenvalue weighted by Crippen LogP contribution is -2.48. The van der Waals surface area contributed by atoms with Crippen LogP contribution in [0.15, 0.2) is 53.0 Å². The molecular formula is C19H17BrF2N2O. The summed E-state index contributed by atoms with van der Waals surface area (Å²) in [5.74, 6) is -0.809. The van der Waals surface area contributed by atoms with E-state index in [1.54, 1.807) is 35.2 Å². The van der Waals surface area contributed by atoms with E-state index in [1.165, 1.54) is 24.3 Å². The normalized spacial score (nSPS) is 15.0. The summed E-state index contributed by atoms with van der Waals surface area (Å²) in [4.78, 5) is 15.9. The van der Waals surface area contributed by atoms with E-state index in [0.29, 0.717) is 37.4 Å². The number of carbonyl (C=O) groups is 1. The predicted molar refractivity (Wildman–Crippen MR) is 98.3 cm³/mol. The monoisotopic (exact) mass is 406 g/mol. The topological polar surface area (TPSA) is 23.6 Å². The molecule has 2 aromatic rings. The van der Waals surface area contributed by atoms with Crippen molar-refractivity contribution < 1.29 is 13.6 Å². The number of carbonyl (C=O) groups excluding carboxylic acids is 1. The fraction of sp³-hybridized carbons (Fsp3) is 0.211. The molecule has 3 rings (SSSR count). The Bertz CT molecular complexity index is 802. The van der Waals surface area contributed by atoms with Gasteiger partial charge in [-0.05, 0) is 36.4 Å². The second-order valence-corrected chi connectivity index (χ2v) is 6.68. The summed E-state index contributed by atoms with van der Waals surface area (Å²) < 4.78 is 28.3. The predicted octanol–water partition coefficient (Wildman–Crippen LogP) is 4.09. The number of amides is 1. The molecule has 130 valence electrons. The Balaban J connectivity index is 1.61. The van der Waals surface area contributed by atoms with Crippen LogP contribution >= 0.6 is 15.9 Å². The quantitative estimate of drug-likeness (QED) is 0.716. The summed E-state index contributed by atoms with van der Waals surface area (Å²) in [5.41, 5.74) is 0.911. The van der Waals surface area contributed by atoms with Gasteiger partial charge in [0.25, 0.3) is 0 Å². The number of nitrogens with zero attached hydrogens (tertiary/aromatic N) is 2. The van der Waals surface area contributed by atoms with E-state index in [9.17, 15) is 13.6 Å². The van der Waals surface area contributed by atoms with Crippen molar-refractivity contribution in [2.24, 2.45) is 0 Å². The first-order valence-electron chi connectivity index (χ1n) is 7.96. The molecule has 0 unspecified atom stereocenters. The summed E-state index contributed by atoms with van der Waals surface area (Å²) in [6, 6.07) is 11.2. The van der Waals surface area contributed by atoms with E-state index >= 15 is 0 Å². The third-order valence-electron chi connectivity index (χ3n) is 4.15. The average molecular weight is 407 g/mol. The number of piperazine rings is 1. The molecule has 1 aliphatic heterocycles. The van der Waals surface area contributed by atoms with Gasteiger partial charge in [0.1, 0.15) is 11.6 Å². The number of halogens is 3. The molecule has 3 nitrogen and oxygen atoms in total. The molecule has 0 atom stereocenters. The molecular weight excluding hydrogens is 390 g/mol. The zero-order valence-corrected chi connectivity index (χ0v) is 15.0. The smallest absolute Gasteiger partial charge is 0.246 e. The van der Waals surface area contributed by atoms with Gasteiger partial charge in [-0.1, -0.05) is 28.1 Å². The van der Waals surface area contributed by atoms with Gasteiger partial charge in [-0.2, -0.15) is 0 Å². The van der Waals surface area contributed by atoms with E-state index in [-0.39, 0.29) is 17.5 Å². The molecule has 0 aromatic heterocycles. The molecule has 0 spiro atoms. The molecule has 0 bridgehead atoms. The molecule has 6 heteroatoms. The number of hydrogen-bond donors (Lipinski definition) is 0. The minimum Gasteiger partial charge on any atom is -0.366 e. The third kappa shape index (κ3) is 4.25. The summed E-state index contributed by atoms with van der Waals surface area (Å²) in [5, 5.41) is 0. The summed E-state index contributed by atoms with van der Waals surface area (Å²) in [7, 11) is 0. The number of rotatable bonds is 3. The van der Waals surface area contributed by atoms with Crippen LogP contribution < -0.4 is 4.90 Å². The first-order valence-corrected chi connectivity index (χ1v) is 8.75. The van der Waals surface area contributed by atoms with Gasteiger partial charge in [0.15, 0.2) is 0 Å². The standard InChI is InChI=1S/C19H17BrF2N2O/c20-15-6-7-16(21)14(13-15)5-8-19(25)24-11-9-23(10-12-24)18-4-2-1-3-17(18)22/h1-8,13H,9-12H2/b8-5+. The second-order valence-electron chi connectivity index (χ2n) is 5.76. The van der Waals surface area contributed by atoms with Crippen molar-refractivity contribution in [1.82, 2.24) is 4.90 Å². The van der Waals surface area contributed by atoms with Crippen molar-refractivity contribution in [3.63, 3.8) is 0 Å². The van der Waals surface area contributed by atoms with Crippen molar-refractivity contribution in [2.45, 2.75) is 0 Å². The number of hydrogen-bond acceptors (Lipinski definition) is 2. The van der Waals surface area contributed by atoms with Gasteiger partial charge in [0.05, 0.1) is 5.69 Å². The maximum atomic E-state index is 13.8. The molecule has 0 radical (unpaired) electrons. The molecule has 1 amide bonds. The van der Waals surface area contributed by atoms with Gasteiger partial charge in [-0.25, -0.2) is 8.78 Å². The largest absolute Gasteiger partial charge is 0.366 e. The molecule has 1 saturated heterocycles. The lowest BCUT2D eigenvalue weighted by molar-refractivity contribution is -0.126. The van der Waals surface area contributed by atoms with Gasteiger partial charge in [-0.15, -0.1) is 0 Å². The number of para-hydroxylation sites is 1. The highest BCUT2D eigenvalue weighted by atomic mass is 79.9. The minimum absolute atomic E-state index is 0.174. The highest BCUT2D eigenvalue weighted by molar-refractivity contribution is 9.10. The molecule has 1 fully saturated rings. The Morgan fingerprint density at radius 3 is 2.44 bits per heavy atom.